The highest BCUT2D eigenvalue weighted by Gasteiger charge is 2.25. The number of nitrogens with zero attached hydrogens (tertiary/aromatic N) is 3. The molecule has 0 atom stereocenters. The average molecular weight is 333 g/mol. The van der Waals surface area contributed by atoms with Gasteiger partial charge in [-0.15, -0.1) is 0 Å². The van der Waals surface area contributed by atoms with Crippen LogP contribution in [0.2, 0.25) is 0 Å². The van der Waals surface area contributed by atoms with E-state index >= 15 is 0 Å². The molecule has 126 valence electrons. The molecule has 0 radical (unpaired) electrons. The number of carbonyl (C=O) groups excluding carboxylic acids is 1. The number of hydrogen-bond donors (Lipinski definition) is 0. The summed E-state index contributed by atoms with van der Waals surface area (Å²) in [5.74, 6) is 2.98. The lowest BCUT2D eigenvalue weighted by Gasteiger charge is -2.05. The number of carbonyl (C=O) groups is 1. The summed E-state index contributed by atoms with van der Waals surface area (Å²) in [6, 6.07) is 15.2. The maximum Gasteiger partial charge on any atom is 0.181 e. The van der Waals surface area contributed by atoms with Crippen LogP contribution in [0.5, 0.6) is 5.75 Å². The number of rotatable bonds is 6. The van der Waals surface area contributed by atoms with Gasteiger partial charge in [-0.1, -0.05) is 18.2 Å². The molecule has 0 saturated heterocycles. The minimum absolute atomic E-state index is 0.643. The second-order valence-electron chi connectivity index (χ2n) is 6.36. The van der Waals surface area contributed by atoms with Crippen molar-refractivity contribution in [1.29, 1.82) is 0 Å². The Morgan fingerprint density at radius 3 is 2.64 bits per heavy atom. The summed E-state index contributed by atoms with van der Waals surface area (Å²) in [5, 5.41) is 4.72. The molecule has 0 aliphatic heterocycles. The molecule has 5 nitrogen and oxygen atoms in total. The lowest BCUT2D eigenvalue weighted by molar-refractivity contribution is 0.112. The van der Waals surface area contributed by atoms with E-state index in [0.29, 0.717) is 17.3 Å². The fourth-order valence-corrected chi connectivity index (χ4v) is 2.84. The molecule has 1 heterocycles. The van der Waals surface area contributed by atoms with E-state index in [1.54, 1.807) is 13.2 Å². The second-order valence-corrected chi connectivity index (χ2v) is 6.36. The maximum absolute atomic E-state index is 11.1. The Balaban J connectivity index is 1.75. The van der Waals surface area contributed by atoms with Crippen LogP contribution < -0.4 is 4.74 Å². The third-order valence-electron chi connectivity index (χ3n) is 4.43. The van der Waals surface area contributed by atoms with Crippen molar-refractivity contribution in [2.45, 2.75) is 19.4 Å². The van der Waals surface area contributed by atoms with Crippen molar-refractivity contribution >= 4 is 6.29 Å². The van der Waals surface area contributed by atoms with Crippen molar-refractivity contribution in [3.8, 4) is 28.5 Å². The molecule has 4 rings (SSSR count). The number of hydrogen-bond acceptors (Lipinski definition) is 4. The van der Waals surface area contributed by atoms with Crippen LogP contribution in [0.25, 0.3) is 22.8 Å². The highest BCUT2D eigenvalue weighted by Crippen LogP contribution is 2.33. The zero-order valence-electron chi connectivity index (χ0n) is 14.1. The fraction of sp³-hybridized carbons (Fsp3) is 0.250. The molecule has 1 fully saturated rings. The summed E-state index contributed by atoms with van der Waals surface area (Å²) in [4.78, 5) is 15.9. The topological polar surface area (TPSA) is 57.0 Å². The van der Waals surface area contributed by atoms with Gasteiger partial charge in [0.15, 0.2) is 11.6 Å². The van der Waals surface area contributed by atoms with E-state index in [1.807, 2.05) is 47.1 Å². The lowest BCUT2D eigenvalue weighted by Crippen LogP contribution is -2.04. The van der Waals surface area contributed by atoms with E-state index in [1.165, 1.54) is 12.8 Å². The molecule has 1 aromatic heterocycles. The molecule has 0 spiro atoms. The van der Waals surface area contributed by atoms with Gasteiger partial charge in [-0.05, 0) is 49.1 Å². The van der Waals surface area contributed by atoms with E-state index in [-0.39, 0.29) is 0 Å². The van der Waals surface area contributed by atoms with Crippen LogP contribution in [-0.2, 0) is 6.54 Å². The highest BCUT2D eigenvalue weighted by atomic mass is 16.5. The summed E-state index contributed by atoms with van der Waals surface area (Å²) >= 11 is 0. The Morgan fingerprint density at radius 1 is 1.16 bits per heavy atom. The monoisotopic (exact) mass is 333 g/mol. The fourth-order valence-electron chi connectivity index (χ4n) is 2.84. The van der Waals surface area contributed by atoms with E-state index in [4.69, 9.17) is 14.8 Å². The first-order valence-electron chi connectivity index (χ1n) is 8.41. The Labute approximate surface area is 146 Å². The SMILES string of the molecule is COc1ccc(-c2nc(-c3cccc(C=O)c3)n(CC3CC3)n2)cc1. The Hall–Kier alpha value is -2.95. The van der Waals surface area contributed by atoms with Gasteiger partial charge in [-0.3, -0.25) is 4.79 Å². The minimum Gasteiger partial charge on any atom is -0.497 e. The van der Waals surface area contributed by atoms with Gasteiger partial charge in [0.2, 0.25) is 0 Å². The zero-order chi connectivity index (χ0) is 17.2. The summed E-state index contributed by atoms with van der Waals surface area (Å²) in [6.07, 6.45) is 3.34. The molecule has 3 aromatic rings. The highest BCUT2D eigenvalue weighted by molar-refractivity contribution is 5.78. The minimum atomic E-state index is 0.643. The standard InChI is InChI=1S/C20H19N3O2/c1-25-18-9-7-16(8-10-18)19-21-20(23(22-19)12-14-5-6-14)17-4-2-3-15(11-17)13-24/h2-4,7-11,13-14H,5-6,12H2,1H3. The molecule has 5 heteroatoms. The molecule has 1 aliphatic rings. The Bertz CT molecular complexity index is 896. The molecule has 0 N–H and O–H groups in total. The van der Waals surface area contributed by atoms with Crippen molar-refractivity contribution in [1.82, 2.24) is 14.8 Å². The van der Waals surface area contributed by atoms with Crippen molar-refractivity contribution in [2.24, 2.45) is 5.92 Å². The van der Waals surface area contributed by atoms with Crippen LogP contribution in [0.15, 0.2) is 48.5 Å². The van der Waals surface area contributed by atoms with Crippen LogP contribution in [-0.4, -0.2) is 28.2 Å². The van der Waals surface area contributed by atoms with Crippen molar-refractivity contribution in [2.75, 3.05) is 7.11 Å². The van der Waals surface area contributed by atoms with Crippen LogP contribution in [0.4, 0.5) is 0 Å². The van der Waals surface area contributed by atoms with E-state index in [2.05, 4.69) is 0 Å². The first-order chi connectivity index (χ1) is 12.3. The normalized spacial score (nSPS) is 13.6. The number of aldehydes is 1. The summed E-state index contributed by atoms with van der Waals surface area (Å²) in [6.45, 7) is 0.865. The van der Waals surface area contributed by atoms with E-state index < -0.39 is 0 Å². The van der Waals surface area contributed by atoms with Crippen LogP contribution in [0.1, 0.15) is 23.2 Å². The van der Waals surface area contributed by atoms with Crippen LogP contribution in [0, 0.1) is 5.92 Å². The maximum atomic E-state index is 11.1. The van der Waals surface area contributed by atoms with Gasteiger partial charge in [-0.2, -0.15) is 5.10 Å². The van der Waals surface area contributed by atoms with Gasteiger partial charge >= 0.3 is 0 Å². The van der Waals surface area contributed by atoms with Gasteiger partial charge in [-0.25, -0.2) is 9.67 Å². The number of methoxy groups -OCH3 is 1. The number of aromatic nitrogens is 3. The predicted molar refractivity (Wildman–Crippen MR) is 95.6 cm³/mol. The third-order valence-corrected chi connectivity index (χ3v) is 4.43. The number of benzene rings is 2. The van der Waals surface area contributed by atoms with E-state index in [0.717, 1.165) is 35.5 Å². The second kappa shape index (κ2) is 6.51. The largest absolute Gasteiger partial charge is 0.497 e. The Kier molecular flexibility index (Phi) is 4.06. The summed E-state index contributed by atoms with van der Waals surface area (Å²) < 4.78 is 7.18. The van der Waals surface area contributed by atoms with Gasteiger partial charge in [0.1, 0.15) is 12.0 Å². The molecule has 2 aromatic carbocycles. The average Bonchev–Trinajstić information content (AvgIpc) is 3.38. The van der Waals surface area contributed by atoms with Crippen LogP contribution in [0.3, 0.4) is 0 Å². The molecule has 25 heavy (non-hydrogen) atoms. The van der Waals surface area contributed by atoms with Gasteiger partial charge < -0.3 is 4.74 Å². The molecule has 1 aliphatic carbocycles. The van der Waals surface area contributed by atoms with Crippen molar-refractivity contribution < 1.29 is 9.53 Å². The molecule has 1 saturated carbocycles. The zero-order valence-corrected chi connectivity index (χ0v) is 14.1. The molecule has 0 unspecified atom stereocenters. The molecule has 0 amide bonds. The van der Waals surface area contributed by atoms with Crippen LogP contribution >= 0.6 is 0 Å². The molecular formula is C20H19N3O2. The molecule has 0 bridgehead atoms. The number of ether oxygens (including phenoxy) is 1. The van der Waals surface area contributed by atoms with Crippen molar-refractivity contribution in [3.63, 3.8) is 0 Å². The van der Waals surface area contributed by atoms with Gasteiger partial charge in [0.05, 0.1) is 7.11 Å². The Morgan fingerprint density at radius 2 is 1.96 bits per heavy atom. The first kappa shape index (κ1) is 15.6. The summed E-state index contributed by atoms with van der Waals surface area (Å²) in [5.41, 5.74) is 2.50. The predicted octanol–water partition coefficient (Wildman–Crippen LogP) is 3.84. The van der Waals surface area contributed by atoms with Crippen molar-refractivity contribution in [3.05, 3.63) is 54.1 Å². The first-order valence-corrected chi connectivity index (χ1v) is 8.41. The summed E-state index contributed by atoms with van der Waals surface area (Å²) in [7, 11) is 1.65. The van der Waals surface area contributed by atoms with Gasteiger partial charge in [0, 0.05) is 23.2 Å². The van der Waals surface area contributed by atoms with E-state index in [9.17, 15) is 4.79 Å². The lowest BCUT2D eigenvalue weighted by atomic mass is 10.1. The smallest absolute Gasteiger partial charge is 0.181 e. The molecular weight excluding hydrogens is 314 g/mol. The van der Waals surface area contributed by atoms with Gasteiger partial charge in [0.25, 0.3) is 0 Å². The third kappa shape index (κ3) is 3.31. The quantitative estimate of drug-likeness (QED) is 0.643.